The first-order valence-electron chi connectivity index (χ1n) is 11.2. The van der Waals surface area contributed by atoms with Crippen LogP contribution in [0.1, 0.15) is 41.0 Å². The van der Waals surface area contributed by atoms with E-state index in [1.54, 1.807) is 22.8 Å². The third kappa shape index (κ3) is 5.52. The van der Waals surface area contributed by atoms with Crippen molar-refractivity contribution in [2.75, 3.05) is 19.0 Å². The molecule has 10 heteroatoms. The molecule has 1 aliphatic heterocycles. The van der Waals surface area contributed by atoms with Crippen molar-refractivity contribution >= 4 is 44.2 Å². The number of amides is 1. The average molecular weight is 519 g/mol. The van der Waals surface area contributed by atoms with Crippen molar-refractivity contribution in [1.82, 2.24) is 9.88 Å². The molecule has 0 radical (unpaired) electrons. The van der Waals surface area contributed by atoms with Crippen LogP contribution in [0.5, 0.6) is 0 Å². The Morgan fingerprint density at radius 2 is 1.94 bits per heavy atom. The van der Waals surface area contributed by atoms with Crippen molar-refractivity contribution in [3.8, 4) is 0 Å². The number of ether oxygens (including phenoxy) is 2. The van der Waals surface area contributed by atoms with Gasteiger partial charge in [-0.1, -0.05) is 23.7 Å². The molecule has 0 aliphatic carbocycles. The molecule has 2 heterocycles. The lowest BCUT2D eigenvalue weighted by molar-refractivity contribution is -0.145. The third-order valence-electron chi connectivity index (χ3n) is 6.07. The lowest BCUT2D eigenvalue weighted by Gasteiger charge is -2.15. The monoisotopic (exact) mass is 518 g/mol. The first-order valence-corrected chi connectivity index (χ1v) is 13.2. The van der Waals surface area contributed by atoms with Crippen LogP contribution in [-0.2, 0) is 31.2 Å². The van der Waals surface area contributed by atoms with Gasteiger partial charge in [0, 0.05) is 18.9 Å². The molecule has 1 aromatic heterocycles. The van der Waals surface area contributed by atoms with Gasteiger partial charge in [-0.15, -0.1) is 0 Å². The second-order valence-corrected chi connectivity index (χ2v) is 11.2. The topological polar surface area (TPSA) is 104 Å². The fourth-order valence-electron chi connectivity index (χ4n) is 4.12. The Morgan fingerprint density at radius 3 is 2.60 bits per heavy atom. The van der Waals surface area contributed by atoms with E-state index < -0.39 is 27.7 Å². The molecule has 4 rings (SSSR count). The first-order chi connectivity index (χ1) is 16.5. The van der Waals surface area contributed by atoms with Gasteiger partial charge in [0.15, 0.2) is 15.6 Å². The van der Waals surface area contributed by atoms with E-state index in [1.165, 1.54) is 12.1 Å². The number of aromatic nitrogens is 1. The summed E-state index contributed by atoms with van der Waals surface area (Å²) in [6, 6.07) is 11.3. The number of rotatable bonds is 7. The summed E-state index contributed by atoms with van der Waals surface area (Å²) in [6.07, 6.45) is 0.168. The molecule has 1 aliphatic rings. The van der Waals surface area contributed by atoms with Crippen LogP contribution in [0, 0.1) is 6.92 Å². The third-order valence-corrected chi connectivity index (χ3v) is 7.99. The predicted octanol–water partition coefficient (Wildman–Crippen LogP) is 3.74. The summed E-state index contributed by atoms with van der Waals surface area (Å²) in [6.45, 7) is 4.53. The fraction of sp³-hybridized carbons (Fsp3) is 0.360. The Morgan fingerprint density at radius 1 is 1.23 bits per heavy atom. The number of benzene rings is 2. The molecule has 1 fully saturated rings. The second-order valence-electron chi connectivity index (χ2n) is 8.77. The van der Waals surface area contributed by atoms with Gasteiger partial charge in [-0.3, -0.25) is 9.59 Å². The highest BCUT2D eigenvalue weighted by molar-refractivity contribution is 7.92. The standard InChI is InChI=1S/C25H27ClN2O6S/c1-15-10-21(26)20-12-23(28(3)22(20)11-15)25(30)27-16(2)17-4-6-19(7-5-17)35(31,32)14-24(29)34-18-8-9-33-13-18/h4-7,10-12,16,18H,8-9,13-14H2,1-3H3,(H,27,30)/t16-,18+/m1/s1. The number of esters is 1. The van der Waals surface area contributed by atoms with Crippen molar-refractivity contribution in [1.29, 1.82) is 0 Å². The molecule has 35 heavy (non-hydrogen) atoms. The van der Waals surface area contributed by atoms with E-state index in [1.807, 2.05) is 33.0 Å². The molecule has 1 saturated heterocycles. The van der Waals surface area contributed by atoms with Crippen LogP contribution in [0.2, 0.25) is 5.02 Å². The highest BCUT2D eigenvalue weighted by atomic mass is 35.5. The number of hydrogen-bond donors (Lipinski definition) is 1. The van der Waals surface area contributed by atoms with Crippen LogP contribution in [0.4, 0.5) is 0 Å². The molecule has 1 amide bonds. The van der Waals surface area contributed by atoms with Gasteiger partial charge in [-0.2, -0.15) is 0 Å². The number of fused-ring (bicyclic) bond motifs is 1. The fourth-order valence-corrected chi connectivity index (χ4v) is 5.54. The summed E-state index contributed by atoms with van der Waals surface area (Å²) in [4.78, 5) is 25.0. The molecule has 186 valence electrons. The van der Waals surface area contributed by atoms with E-state index in [9.17, 15) is 18.0 Å². The molecule has 2 atom stereocenters. The molecular weight excluding hydrogens is 492 g/mol. The van der Waals surface area contributed by atoms with Gasteiger partial charge in [-0.05, 0) is 55.3 Å². The van der Waals surface area contributed by atoms with E-state index in [-0.39, 0.29) is 23.5 Å². The van der Waals surface area contributed by atoms with Crippen LogP contribution in [0.25, 0.3) is 10.9 Å². The minimum atomic E-state index is -3.86. The maximum absolute atomic E-state index is 13.0. The lowest BCUT2D eigenvalue weighted by atomic mass is 10.1. The summed E-state index contributed by atoms with van der Waals surface area (Å²) < 4.78 is 37.3. The van der Waals surface area contributed by atoms with Crippen molar-refractivity contribution in [2.24, 2.45) is 7.05 Å². The molecule has 0 bridgehead atoms. The number of carbonyl (C=O) groups excluding carboxylic acids is 2. The Kier molecular flexibility index (Phi) is 7.21. The van der Waals surface area contributed by atoms with Gasteiger partial charge in [0.1, 0.15) is 11.8 Å². The maximum Gasteiger partial charge on any atom is 0.321 e. The normalized spacial score (nSPS) is 16.9. The lowest BCUT2D eigenvalue weighted by Crippen LogP contribution is -2.28. The highest BCUT2D eigenvalue weighted by Crippen LogP contribution is 2.28. The summed E-state index contributed by atoms with van der Waals surface area (Å²) in [5.41, 5.74) is 3.04. The number of sulfone groups is 1. The Bertz CT molecular complexity index is 1380. The number of hydrogen-bond acceptors (Lipinski definition) is 6. The summed E-state index contributed by atoms with van der Waals surface area (Å²) >= 11 is 6.35. The van der Waals surface area contributed by atoms with Crippen molar-refractivity contribution in [3.63, 3.8) is 0 Å². The van der Waals surface area contributed by atoms with E-state index in [0.29, 0.717) is 23.7 Å². The van der Waals surface area contributed by atoms with Crippen LogP contribution < -0.4 is 5.32 Å². The van der Waals surface area contributed by atoms with E-state index in [0.717, 1.165) is 22.0 Å². The van der Waals surface area contributed by atoms with Crippen LogP contribution in [0.15, 0.2) is 47.4 Å². The summed E-state index contributed by atoms with van der Waals surface area (Å²) in [5.74, 6) is -1.81. The van der Waals surface area contributed by atoms with E-state index in [2.05, 4.69) is 5.32 Å². The predicted molar refractivity (Wildman–Crippen MR) is 132 cm³/mol. The molecule has 0 saturated carbocycles. The molecule has 0 spiro atoms. The van der Waals surface area contributed by atoms with Crippen molar-refractivity contribution in [3.05, 3.63) is 64.3 Å². The number of nitrogens with one attached hydrogen (secondary N) is 1. The van der Waals surface area contributed by atoms with Gasteiger partial charge >= 0.3 is 5.97 Å². The molecule has 1 N–H and O–H groups in total. The largest absolute Gasteiger partial charge is 0.459 e. The molecule has 8 nitrogen and oxygen atoms in total. The van der Waals surface area contributed by atoms with Crippen LogP contribution in [0.3, 0.4) is 0 Å². The maximum atomic E-state index is 13.0. The van der Waals surface area contributed by atoms with Gasteiger partial charge in [0.2, 0.25) is 0 Å². The summed E-state index contributed by atoms with van der Waals surface area (Å²) in [5, 5.41) is 4.32. The number of carbonyl (C=O) groups is 2. The molecular formula is C25H27ClN2O6S. The second kappa shape index (κ2) is 10.0. The van der Waals surface area contributed by atoms with Crippen LogP contribution >= 0.6 is 11.6 Å². The van der Waals surface area contributed by atoms with Gasteiger partial charge in [-0.25, -0.2) is 8.42 Å². The minimum absolute atomic E-state index is 0.0121. The van der Waals surface area contributed by atoms with E-state index in [4.69, 9.17) is 21.1 Å². The number of nitrogens with zero attached hydrogens (tertiary/aromatic N) is 1. The zero-order chi connectivity index (χ0) is 25.3. The van der Waals surface area contributed by atoms with Gasteiger partial charge in [0.25, 0.3) is 5.91 Å². The van der Waals surface area contributed by atoms with Gasteiger partial charge < -0.3 is 19.4 Å². The van der Waals surface area contributed by atoms with E-state index >= 15 is 0 Å². The quantitative estimate of drug-likeness (QED) is 0.478. The average Bonchev–Trinajstić information content (AvgIpc) is 3.41. The van der Waals surface area contributed by atoms with Crippen molar-refractivity contribution < 1.29 is 27.5 Å². The Labute approximate surface area is 209 Å². The minimum Gasteiger partial charge on any atom is -0.459 e. The van der Waals surface area contributed by atoms with Crippen molar-refractivity contribution in [2.45, 2.75) is 37.3 Å². The Hall–Kier alpha value is -2.88. The van der Waals surface area contributed by atoms with Crippen LogP contribution in [-0.4, -0.2) is 49.9 Å². The van der Waals surface area contributed by atoms with Gasteiger partial charge in [0.05, 0.1) is 34.7 Å². The molecule has 3 aromatic rings. The molecule has 2 aromatic carbocycles. The number of aryl methyl sites for hydroxylation is 2. The highest BCUT2D eigenvalue weighted by Gasteiger charge is 2.25. The SMILES string of the molecule is Cc1cc(Cl)c2cc(C(=O)N[C@H](C)c3ccc(S(=O)(=O)CC(=O)O[C@H]4CCOC4)cc3)n(C)c2c1. The zero-order valence-electron chi connectivity index (χ0n) is 19.7. The Balaban J connectivity index is 1.43. The first kappa shape index (κ1) is 25.2. The number of halogens is 1. The molecule has 0 unspecified atom stereocenters. The smallest absolute Gasteiger partial charge is 0.321 e. The zero-order valence-corrected chi connectivity index (χ0v) is 21.3. The summed E-state index contributed by atoms with van der Waals surface area (Å²) in [7, 11) is -2.05.